The third-order valence-electron chi connectivity index (χ3n) is 6.26. The molecule has 0 unspecified atom stereocenters. The molecule has 146 valence electrons. The van der Waals surface area contributed by atoms with Gasteiger partial charge in [-0.15, -0.1) is 0 Å². The molecule has 1 aliphatic carbocycles. The van der Waals surface area contributed by atoms with Crippen LogP contribution in [0.1, 0.15) is 36.0 Å². The first-order chi connectivity index (χ1) is 13.3. The predicted octanol–water partition coefficient (Wildman–Crippen LogP) is 2.51. The zero-order valence-corrected chi connectivity index (χ0v) is 15.7. The van der Waals surface area contributed by atoms with E-state index in [4.69, 9.17) is 18.9 Å². The molecule has 1 spiro atoms. The van der Waals surface area contributed by atoms with Crippen LogP contribution in [0.5, 0.6) is 11.5 Å². The van der Waals surface area contributed by atoms with Gasteiger partial charge in [0.25, 0.3) is 5.91 Å². The topological polar surface area (TPSA) is 57.2 Å². The molecule has 3 heterocycles. The van der Waals surface area contributed by atoms with Crippen LogP contribution in [0.2, 0.25) is 0 Å². The lowest BCUT2D eigenvalue weighted by atomic mass is 9.79. The van der Waals surface area contributed by atoms with Gasteiger partial charge in [-0.3, -0.25) is 4.79 Å². The number of hydrogen-bond acceptors (Lipinski definition) is 5. The Morgan fingerprint density at radius 1 is 1.15 bits per heavy atom. The standard InChI is InChI=1S/C21H27NO5/c23-20(17-2-1-3-18-19(17)26-11-10-25-18)22-13-21(14-22)16(7-9-27-21)6-8-24-12-15-4-5-15/h1-3,15-16H,4-14H2/t16-/m1/s1. The summed E-state index contributed by atoms with van der Waals surface area (Å²) in [6.45, 7) is 4.81. The summed E-state index contributed by atoms with van der Waals surface area (Å²) in [5.74, 6) is 2.52. The number of rotatable bonds is 6. The molecule has 6 nitrogen and oxygen atoms in total. The minimum absolute atomic E-state index is 0.00204. The van der Waals surface area contributed by atoms with Gasteiger partial charge in [-0.05, 0) is 49.7 Å². The Morgan fingerprint density at radius 3 is 2.85 bits per heavy atom. The number of carbonyl (C=O) groups is 1. The van der Waals surface area contributed by atoms with Crippen LogP contribution in [0.15, 0.2) is 18.2 Å². The summed E-state index contributed by atoms with van der Waals surface area (Å²) in [6.07, 6.45) is 4.73. The lowest BCUT2D eigenvalue weighted by Gasteiger charge is -2.50. The molecule has 3 fully saturated rings. The van der Waals surface area contributed by atoms with Crippen molar-refractivity contribution in [3.63, 3.8) is 0 Å². The van der Waals surface area contributed by atoms with Gasteiger partial charge in [-0.2, -0.15) is 0 Å². The average molecular weight is 373 g/mol. The van der Waals surface area contributed by atoms with Crippen molar-refractivity contribution >= 4 is 5.91 Å². The third kappa shape index (κ3) is 3.29. The second kappa shape index (κ2) is 6.99. The van der Waals surface area contributed by atoms with Crippen molar-refractivity contribution in [2.75, 3.05) is 46.1 Å². The van der Waals surface area contributed by atoms with Crippen molar-refractivity contribution in [1.82, 2.24) is 4.90 Å². The van der Waals surface area contributed by atoms with Crippen molar-refractivity contribution in [2.45, 2.75) is 31.3 Å². The Kier molecular flexibility index (Phi) is 4.48. The quantitative estimate of drug-likeness (QED) is 0.717. The van der Waals surface area contributed by atoms with Gasteiger partial charge in [0.15, 0.2) is 11.5 Å². The monoisotopic (exact) mass is 373 g/mol. The molecule has 0 radical (unpaired) electrons. The molecule has 0 bridgehead atoms. The van der Waals surface area contributed by atoms with E-state index in [0.717, 1.165) is 38.6 Å². The zero-order valence-electron chi connectivity index (χ0n) is 15.7. The smallest absolute Gasteiger partial charge is 0.257 e. The lowest BCUT2D eigenvalue weighted by Crippen LogP contribution is -2.66. The van der Waals surface area contributed by atoms with Crippen LogP contribution in [-0.2, 0) is 9.47 Å². The van der Waals surface area contributed by atoms with Gasteiger partial charge in [-0.25, -0.2) is 0 Å². The summed E-state index contributed by atoms with van der Waals surface area (Å²) in [5.41, 5.74) is 0.412. The van der Waals surface area contributed by atoms with Crippen LogP contribution < -0.4 is 9.47 Å². The summed E-state index contributed by atoms with van der Waals surface area (Å²) < 4.78 is 23.2. The van der Waals surface area contributed by atoms with Gasteiger partial charge in [0, 0.05) is 19.8 Å². The second-order valence-corrected chi connectivity index (χ2v) is 8.20. The van der Waals surface area contributed by atoms with Gasteiger partial charge in [-0.1, -0.05) is 6.07 Å². The lowest BCUT2D eigenvalue weighted by molar-refractivity contribution is -0.120. The summed E-state index contributed by atoms with van der Waals surface area (Å²) in [6, 6.07) is 5.52. The summed E-state index contributed by atoms with van der Waals surface area (Å²) >= 11 is 0. The van der Waals surface area contributed by atoms with E-state index in [1.165, 1.54) is 12.8 Å². The fraction of sp³-hybridized carbons (Fsp3) is 0.667. The molecule has 1 atom stereocenters. The highest BCUT2D eigenvalue weighted by Crippen LogP contribution is 2.43. The number of hydrogen-bond donors (Lipinski definition) is 0. The molecule has 3 aliphatic heterocycles. The van der Waals surface area contributed by atoms with E-state index in [2.05, 4.69) is 0 Å². The first-order valence-electron chi connectivity index (χ1n) is 10.1. The maximum atomic E-state index is 13.0. The predicted molar refractivity (Wildman–Crippen MR) is 98.3 cm³/mol. The van der Waals surface area contributed by atoms with Crippen molar-refractivity contribution in [1.29, 1.82) is 0 Å². The summed E-state index contributed by atoms with van der Waals surface area (Å²) in [7, 11) is 0. The third-order valence-corrected chi connectivity index (χ3v) is 6.26. The molecule has 1 aromatic rings. The van der Waals surface area contributed by atoms with Crippen LogP contribution in [0.3, 0.4) is 0 Å². The maximum Gasteiger partial charge on any atom is 0.257 e. The van der Waals surface area contributed by atoms with Gasteiger partial charge in [0.2, 0.25) is 0 Å². The van der Waals surface area contributed by atoms with E-state index >= 15 is 0 Å². The first-order valence-corrected chi connectivity index (χ1v) is 10.1. The number of nitrogens with zero attached hydrogens (tertiary/aromatic N) is 1. The highest BCUT2D eigenvalue weighted by atomic mass is 16.6. The molecule has 5 rings (SSSR count). The number of likely N-dealkylation sites (tertiary alicyclic amines) is 1. The number of ether oxygens (including phenoxy) is 4. The van der Waals surface area contributed by atoms with Gasteiger partial charge < -0.3 is 23.8 Å². The number of fused-ring (bicyclic) bond motifs is 1. The number of benzene rings is 1. The Hall–Kier alpha value is -1.79. The van der Waals surface area contributed by atoms with Crippen molar-refractivity contribution in [3.05, 3.63) is 23.8 Å². The largest absolute Gasteiger partial charge is 0.486 e. The van der Waals surface area contributed by atoms with E-state index < -0.39 is 0 Å². The minimum Gasteiger partial charge on any atom is -0.486 e. The van der Waals surface area contributed by atoms with Gasteiger partial charge in [0.1, 0.15) is 18.8 Å². The molecule has 1 aromatic carbocycles. The fourth-order valence-electron chi connectivity index (χ4n) is 4.46. The van der Waals surface area contributed by atoms with Crippen molar-refractivity contribution in [2.24, 2.45) is 11.8 Å². The molecular weight excluding hydrogens is 346 g/mol. The second-order valence-electron chi connectivity index (χ2n) is 8.20. The Labute approximate surface area is 159 Å². The van der Waals surface area contributed by atoms with Crippen molar-refractivity contribution < 1.29 is 23.7 Å². The van der Waals surface area contributed by atoms with Crippen LogP contribution >= 0.6 is 0 Å². The highest BCUT2D eigenvalue weighted by molar-refractivity contribution is 5.98. The zero-order chi connectivity index (χ0) is 18.3. The maximum absolute atomic E-state index is 13.0. The fourth-order valence-corrected chi connectivity index (χ4v) is 4.46. The average Bonchev–Trinajstić information content (AvgIpc) is 3.40. The SMILES string of the molecule is O=C(c1cccc2c1OCCO2)N1CC2(C1)OCC[C@H]2CCOCC1CC1. The highest BCUT2D eigenvalue weighted by Gasteiger charge is 2.54. The first kappa shape index (κ1) is 17.3. The van der Waals surface area contributed by atoms with Crippen LogP contribution in [0, 0.1) is 11.8 Å². The summed E-state index contributed by atoms with van der Waals surface area (Å²) in [4.78, 5) is 14.9. The van der Waals surface area contributed by atoms with E-state index in [1.54, 1.807) is 0 Å². The van der Waals surface area contributed by atoms with Gasteiger partial charge >= 0.3 is 0 Å². The Balaban J connectivity index is 1.20. The molecule has 4 aliphatic rings. The van der Waals surface area contributed by atoms with Crippen molar-refractivity contribution in [3.8, 4) is 11.5 Å². The van der Waals surface area contributed by atoms with Crippen LogP contribution in [0.4, 0.5) is 0 Å². The number of carbonyl (C=O) groups excluding carboxylic acids is 1. The minimum atomic E-state index is -0.176. The van der Waals surface area contributed by atoms with E-state index in [9.17, 15) is 4.79 Å². The molecule has 0 aromatic heterocycles. The van der Waals surface area contributed by atoms with Crippen LogP contribution in [0.25, 0.3) is 0 Å². The molecule has 0 N–H and O–H groups in total. The van der Waals surface area contributed by atoms with E-state index in [0.29, 0.717) is 49.3 Å². The molecule has 27 heavy (non-hydrogen) atoms. The molecule has 2 saturated heterocycles. The molecule has 1 saturated carbocycles. The number of amides is 1. The molecule has 6 heteroatoms. The molecular formula is C21H27NO5. The van der Waals surface area contributed by atoms with E-state index in [-0.39, 0.29) is 11.5 Å². The Morgan fingerprint density at radius 2 is 2.00 bits per heavy atom. The Bertz CT molecular complexity index is 711. The summed E-state index contributed by atoms with van der Waals surface area (Å²) in [5, 5.41) is 0. The number of para-hydroxylation sites is 1. The van der Waals surface area contributed by atoms with Gasteiger partial charge in [0.05, 0.1) is 18.7 Å². The van der Waals surface area contributed by atoms with Crippen LogP contribution in [-0.4, -0.2) is 62.5 Å². The normalized spacial score (nSPS) is 25.5. The van der Waals surface area contributed by atoms with E-state index in [1.807, 2.05) is 23.1 Å². The molecule has 1 amide bonds.